The summed E-state index contributed by atoms with van der Waals surface area (Å²) in [6.45, 7) is 3.08. The van der Waals surface area contributed by atoms with Gasteiger partial charge in [0, 0.05) is 27.9 Å². The number of hydrogen-bond donors (Lipinski definition) is 0. The van der Waals surface area contributed by atoms with Crippen LogP contribution in [0.3, 0.4) is 0 Å². The normalized spacial score (nSPS) is 31.2. The van der Waals surface area contributed by atoms with Crippen molar-refractivity contribution in [3.63, 3.8) is 0 Å². The number of esters is 3. The second-order valence-corrected chi connectivity index (χ2v) is 4.67. The molecular formula is C13H19FO8. The fraction of sp³-hybridized carbons (Fsp3) is 0.769. The molecule has 126 valence electrons. The molecule has 8 nitrogen and oxygen atoms in total. The maximum absolute atomic E-state index is 14.3. The van der Waals surface area contributed by atoms with Gasteiger partial charge in [-0.2, -0.15) is 0 Å². The molecule has 0 aromatic rings. The van der Waals surface area contributed by atoms with Crippen molar-refractivity contribution in [3.8, 4) is 0 Å². The van der Waals surface area contributed by atoms with Crippen molar-refractivity contribution in [2.24, 2.45) is 0 Å². The minimum Gasteiger partial charge on any atom is -0.463 e. The third-order valence-electron chi connectivity index (χ3n) is 2.86. The lowest BCUT2D eigenvalue weighted by atomic mass is 9.99. The first-order valence-electron chi connectivity index (χ1n) is 6.56. The lowest BCUT2D eigenvalue weighted by Gasteiger charge is -2.41. The fourth-order valence-corrected chi connectivity index (χ4v) is 2.05. The summed E-state index contributed by atoms with van der Waals surface area (Å²) in [5.74, 6) is -2.07. The van der Waals surface area contributed by atoms with Gasteiger partial charge in [0.25, 0.3) is 0 Å². The first-order chi connectivity index (χ1) is 10.3. The Hall–Kier alpha value is -1.74. The standard InChI is InChI=1S/C13H19FO8/c1-6(15)19-5-9-11(20-7(2)16)12(21-8(3)17)10(14)13(18-4)22-9/h9-13H,5H2,1-4H3/t9-,10-,11-,12-,13-/m1/s1. The molecule has 1 aliphatic rings. The Bertz CT molecular complexity index is 426. The summed E-state index contributed by atoms with van der Waals surface area (Å²) < 4.78 is 39.1. The Kier molecular flexibility index (Phi) is 6.69. The van der Waals surface area contributed by atoms with Gasteiger partial charge in [-0.25, -0.2) is 4.39 Å². The van der Waals surface area contributed by atoms with Crippen LogP contribution in [0.4, 0.5) is 4.39 Å². The summed E-state index contributed by atoms with van der Waals surface area (Å²) in [5.41, 5.74) is 0. The van der Waals surface area contributed by atoms with Gasteiger partial charge in [0.1, 0.15) is 12.7 Å². The van der Waals surface area contributed by atoms with E-state index in [0.29, 0.717) is 0 Å². The molecule has 0 saturated carbocycles. The first-order valence-corrected chi connectivity index (χ1v) is 6.56. The molecule has 0 amide bonds. The second kappa shape index (κ2) is 8.04. The minimum absolute atomic E-state index is 0.308. The van der Waals surface area contributed by atoms with Crippen LogP contribution in [0.15, 0.2) is 0 Å². The highest BCUT2D eigenvalue weighted by Crippen LogP contribution is 2.29. The molecule has 5 atom stereocenters. The number of alkyl halides is 1. The summed E-state index contributed by atoms with van der Waals surface area (Å²) in [6.07, 6.45) is -6.94. The molecule has 22 heavy (non-hydrogen) atoms. The van der Waals surface area contributed by atoms with Gasteiger partial charge in [-0.05, 0) is 0 Å². The van der Waals surface area contributed by atoms with Crippen molar-refractivity contribution in [2.45, 2.75) is 51.5 Å². The number of hydrogen-bond acceptors (Lipinski definition) is 8. The van der Waals surface area contributed by atoms with Crippen molar-refractivity contribution < 1.29 is 42.5 Å². The molecule has 0 aromatic carbocycles. The Balaban J connectivity index is 3.00. The molecule has 9 heteroatoms. The molecule has 0 N–H and O–H groups in total. The van der Waals surface area contributed by atoms with E-state index < -0.39 is 48.7 Å². The van der Waals surface area contributed by atoms with Crippen LogP contribution >= 0.6 is 0 Å². The van der Waals surface area contributed by atoms with Crippen LogP contribution in [0.2, 0.25) is 0 Å². The van der Waals surface area contributed by atoms with E-state index in [1.807, 2.05) is 0 Å². The number of ether oxygens (including phenoxy) is 5. The molecular weight excluding hydrogens is 303 g/mol. The van der Waals surface area contributed by atoms with Crippen molar-refractivity contribution in [1.82, 2.24) is 0 Å². The Morgan fingerprint density at radius 1 is 1.00 bits per heavy atom. The maximum Gasteiger partial charge on any atom is 0.303 e. The van der Waals surface area contributed by atoms with Gasteiger partial charge in [0.05, 0.1) is 0 Å². The van der Waals surface area contributed by atoms with Crippen molar-refractivity contribution in [2.75, 3.05) is 13.7 Å². The molecule has 0 bridgehead atoms. The molecule has 1 saturated heterocycles. The molecule has 0 aliphatic carbocycles. The van der Waals surface area contributed by atoms with Crippen LogP contribution < -0.4 is 0 Å². The van der Waals surface area contributed by atoms with Gasteiger partial charge in [0.2, 0.25) is 0 Å². The van der Waals surface area contributed by atoms with Crippen LogP contribution in [0.25, 0.3) is 0 Å². The number of rotatable bonds is 5. The minimum atomic E-state index is -1.87. The monoisotopic (exact) mass is 322 g/mol. The first kappa shape index (κ1) is 18.3. The zero-order valence-electron chi connectivity index (χ0n) is 12.7. The SMILES string of the molecule is CO[C@@H]1O[C@H](COC(C)=O)[C@@H](OC(C)=O)[C@H](OC(C)=O)[C@H]1F. The Morgan fingerprint density at radius 3 is 2.00 bits per heavy atom. The van der Waals surface area contributed by atoms with E-state index in [9.17, 15) is 18.8 Å². The van der Waals surface area contributed by atoms with E-state index in [4.69, 9.17) is 23.7 Å². The second-order valence-electron chi connectivity index (χ2n) is 4.67. The number of carbonyl (C=O) groups excluding carboxylic acids is 3. The lowest BCUT2D eigenvalue weighted by molar-refractivity contribution is -0.286. The highest BCUT2D eigenvalue weighted by Gasteiger charge is 2.51. The fourth-order valence-electron chi connectivity index (χ4n) is 2.05. The largest absolute Gasteiger partial charge is 0.463 e. The molecule has 0 unspecified atom stereocenters. The third kappa shape index (κ3) is 4.92. The predicted molar refractivity (Wildman–Crippen MR) is 68.3 cm³/mol. The summed E-state index contributed by atoms with van der Waals surface area (Å²) in [4.78, 5) is 33.3. The molecule has 0 spiro atoms. The quantitative estimate of drug-likeness (QED) is 0.520. The molecule has 1 fully saturated rings. The number of halogens is 1. The van der Waals surface area contributed by atoms with E-state index in [-0.39, 0.29) is 6.61 Å². The summed E-state index contributed by atoms with van der Waals surface area (Å²) in [6, 6.07) is 0. The van der Waals surface area contributed by atoms with E-state index in [2.05, 4.69) is 0 Å². The van der Waals surface area contributed by atoms with E-state index in [1.54, 1.807) is 0 Å². The third-order valence-corrected chi connectivity index (χ3v) is 2.86. The summed E-state index contributed by atoms with van der Waals surface area (Å²) in [7, 11) is 1.21. The maximum atomic E-state index is 14.3. The molecule has 0 aromatic heterocycles. The van der Waals surface area contributed by atoms with Crippen molar-refractivity contribution in [1.29, 1.82) is 0 Å². The summed E-state index contributed by atoms with van der Waals surface area (Å²) in [5, 5.41) is 0. The highest BCUT2D eigenvalue weighted by molar-refractivity contribution is 5.67. The van der Waals surface area contributed by atoms with Gasteiger partial charge >= 0.3 is 17.9 Å². The zero-order chi connectivity index (χ0) is 16.9. The summed E-state index contributed by atoms with van der Waals surface area (Å²) >= 11 is 0. The molecule has 1 aliphatic heterocycles. The van der Waals surface area contributed by atoms with Crippen molar-refractivity contribution in [3.05, 3.63) is 0 Å². The van der Waals surface area contributed by atoms with Crippen LogP contribution in [0, 0.1) is 0 Å². The molecule has 0 radical (unpaired) electrons. The highest BCUT2D eigenvalue weighted by atomic mass is 19.1. The molecule has 1 rings (SSSR count). The number of carbonyl (C=O) groups is 3. The lowest BCUT2D eigenvalue weighted by Crippen LogP contribution is -2.60. The van der Waals surface area contributed by atoms with E-state index in [0.717, 1.165) is 13.8 Å². The van der Waals surface area contributed by atoms with Crippen LogP contribution in [-0.2, 0) is 38.1 Å². The van der Waals surface area contributed by atoms with E-state index in [1.165, 1.54) is 14.0 Å². The van der Waals surface area contributed by atoms with Crippen LogP contribution in [0.1, 0.15) is 20.8 Å². The average molecular weight is 322 g/mol. The average Bonchev–Trinajstić information content (AvgIpc) is 2.41. The topological polar surface area (TPSA) is 97.4 Å². The predicted octanol–water partition coefficient (Wildman–Crippen LogP) is 0.122. The Labute approximate surface area is 126 Å². The zero-order valence-corrected chi connectivity index (χ0v) is 12.7. The van der Waals surface area contributed by atoms with E-state index >= 15 is 0 Å². The van der Waals surface area contributed by atoms with Gasteiger partial charge in [0.15, 0.2) is 24.7 Å². The van der Waals surface area contributed by atoms with Crippen molar-refractivity contribution >= 4 is 17.9 Å². The Morgan fingerprint density at radius 2 is 1.55 bits per heavy atom. The van der Waals surface area contributed by atoms with Gasteiger partial charge < -0.3 is 23.7 Å². The van der Waals surface area contributed by atoms with Crippen LogP contribution in [-0.4, -0.2) is 62.4 Å². The van der Waals surface area contributed by atoms with Crippen LogP contribution in [0.5, 0.6) is 0 Å². The smallest absolute Gasteiger partial charge is 0.303 e. The van der Waals surface area contributed by atoms with Gasteiger partial charge in [-0.15, -0.1) is 0 Å². The molecule has 1 heterocycles. The number of methoxy groups -OCH3 is 1. The van der Waals surface area contributed by atoms with Gasteiger partial charge in [-0.1, -0.05) is 0 Å². The van der Waals surface area contributed by atoms with Gasteiger partial charge in [-0.3, -0.25) is 14.4 Å².